The van der Waals surface area contributed by atoms with Gasteiger partial charge in [0, 0.05) is 17.8 Å². The third kappa shape index (κ3) is 2.72. The van der Waals surface area contributed by atoms with Crippen LogP contribution >= 0.6 is 0 Å². The van der Waals surface area contributed by atoms with Crippen molar-refractivity contribution in [2.75, 3.05) is 0 Å². The molecular weight excluding hydrogens is 271 g/mol. The fourth-order valence-corrected chi connectivity index (χ4v) is 1.84. The van der Waals surface area contributed by atoms with Crippen molar-refractivity contribution in [1.29, 1.82) is 5.26 Å². The highest BCUT2D eigenvalue weighted by molar-refractivity contribution is 5.66. The Bertz CT molecular complexity index is 805. The van der Waals surface area contributed by atoms with Gasteiger partial charge in [-0.25, -0.2) is 9.37 Å². The predicted molar refractivity (Wildman–Crippen MR) is 73.0 cm³/mol. The number of nitriles is 1. The number of halogens is 1. The first-order valence-corrected chi connectivity index (χ1v) is 6.09. The number of aromatic amines is 1. The summed E-state index contributed by atoms with van der Waals surface area (Å²) in [6.45, 7) is 0. The number of ether oxygens (including phenoxy) is 1. The van der Waals surface area contributed by atoms with Crippen LogP contribution in [0.15, 0.2) is 48.8 Å². The Hall–Kier alpha value is -3.20. The molecule has 0 amide bonds. The summed E-state index contributed by atoms with van der Waals surface area (Å²) in [6, 6.07) is 11.1. The maximum absolute atomic E-state index is 13.0. The summed E-state index contributed by atoms with van der Waals surface area (Å²) < 4.78 is 18.7. The van der Waals surface area contributed by atoms with Crippen molar-refractivity contribution in [3.63, 3.8) is 0 Å². The second-order valence-corrected chi connectivity index (χ2v) is 4.21. The molecule has 2 aromatic heterocycles. The van der Waals surface area contributed by atoms with Gasteiger partial charge in [-0.05, 0) is 30.3 Å². The van der Waals surface area contributed by atoms with Gasteiger partial charge in [-0.1, -0.05) is 0 Å². The Labute approximate surface area is 119 Å². The van der Waals surface area contributed by atoms with Crippen LogP contribution in [0.4, 0.5) is 4.39 Å². The van der Waals surface area contributed by atoms with Crippen molar-refractivity contribution in [3.05, 3.63) is 60.3 Å². The van der Waals surface area contributed by atoms with E-state index >= 15 is 0 Å². The lowest BCUT2D eigenvalue weighted by molar-refractivity contribution is 0.483. The molecule has 0 radical (unpaired) electrons. The molecule has 21 heavy (non-hydrogen) atoms. The molecule has 3 aromatic rings. The number of hydrogen-bond donors (Lipinski definition) is 1. The average molecular weight is 280 g/mol. The van der Waals surface area contributed by atoms with Gasteiger partial charge in [-0.15, -0.1) is 0 Å². The van der Waals surface area contributed by atoms with E-state index in [1.807, 2.05) is 6.07 Å². The van der Waals surface area contributed by atoms with E-state index in [1.54, 1.807) is 18.2 Å². The van der Waals surface area contributed by atoms with Crippen LogP contribution in [-0.4, -0.2) is 15.2 Å². The van der Waals surface area contributed by atoms with Gasteiger partial charge in [0.1, 0.15) is 29.0 Å². The molecule has 0 aliphatic rings. The fourth-order valence-electron chi connectivity index (χ4n) is 1.84. The average Bonchev–Trinajstić information content (AvgIpc) is 2.96. The topological polar surface area (TPSA) is 74.6 Å². The van der Waals surface area contributed by atoms with Crippen LogP contribution in [-0.2, 0) is 0 Å². The number of hydrogen-bond acceptors (Lipinski definition) is 4. The third-order valence-corrected chi connectivity index (χ3v) is 2.81. The second-order valence-electron chi connectivity index (χ2n) is 4.21. The number of nitrogens with zero attached hydrogens (tertiary/aromatic N) is 3. The zero-order valence-corrected chi connectivity index (χ0v) is 10.7. The molecule has 1 aromatic carbocycles. The molecule has 102 valence electrons. The van der Waals surface area contributed by atoms with Crippen molar-refractivity contribution < 1.29 is 9.13 Å². The first-order chi connectivity index (χ1) is 10.3. The molecule has 0 spiro atoms. The molecule has 0 fully saturated rings. The van der Waals surface area contributed by atoms with E-state index in [9.17, 15) is 4.39 Å². The Balaban J connectivity index is 1.92. The van der Waals surface area contributed by atoms with Gasteiger partial charge in [0.15, 0.2) is 5.75 Å². The Kier molecular flexibility index (Phi) is 3.31. The molecular formula is C15H9FN4O. The van der Waals surface area contributed by atoms with Gasteiger partial charge in [0.25, 0.3) is 0 Å². The third-order valence-electron chi connectivity index (χ3n) is 2.81. The standard InChI is InChI=1S/C15H9FN4O/c16-11-3-1-10(2-4-11)15-14(9-19-20-15)21-13-5-6-18-12(7-13)8-17/h1-7,9H,(H,19,20). The number of rotatable bonds is 3. The van der Waals surface area contributed by atoms with Crippen LogP contribution in [0.1, 0.15) is 5.69 Å². The zero-order valence-electron chi connectivity index (χ0n) is 10.7. The van der Waals surface area contributed by atoms with E-state index in [0.29, 0.717) is 17.2 Å². The van der Waals surface area contributed by atoms with Crippen molar-refractivity contribution in [1.82, 2.24) is 15.2 Å². The molecule has 0 aliphatic heterocycles. The first kappa shape index (κ1) is 12.8. The van der Waals surface area contributed by atoms with Crippen LogP contribution in [0.3, 0.4) is 0 Å². The van der Waals surface area contributed by atoms with Gasteiger partial charge in [0.2, 0.25) is 0 Å². The Morgan fingerprint density at radius 1 is 1.19 bits per heavy atom. The number of aromatic nitrogens is 3. The summed E-state index contributed by atoms with van der Waals surface area (Å²) in [4.78, 5) is 3.87. The minimum atomic E-state index is -0.312. The molecule has 5 nitrogen and oxygen atoms in total. The van der Waals surface area contributed by atoms with E-state index in [-0.39, 0.29) is 11.5 Å². The first-order valence-electron chi connectivity index (χ1n) is 6.09. The van der Waals surface area contributed by atoms with Crippen LogP contribution in [0.5, 0.6) is 11.5 Å². The molecule has 0 aliphatic carbocycles. The highest BCUT2D eigenvalue weighted by Gasteiger charge is 2.10. The molecule has 2 heterocycles. The molecule has 0 atom stereocenters. The summed E-state index contributed by atoms with van der Waals surface area (Å²) in [5, 5.41) is 15.6. The summed E-state index contributed by atoms with van der Waals surface area (Å²) >= 11 is 0. The summed E-state index contributed by atoms with van der Waals surface area (Å²) in [7, 11) is 0. The lowest BCUT2D eigenvalue weighted by Gasteiger charge is -2.06. The highest BCUT2D eigenvalue weighted by Crippen LogP contribution is 2.31. The summed E-state index contributed by atoms with van der Waals surface area (Å²) in [5.41, 5.74) is 1.64. The largest absolute Gasteiger partial charge is 0.453 e. The van der Waals surface area contributed by atoms with Crippen LogP contribution in [0, 0.1) is 17.1 Å². The van der Waals surface area contributed by atoms with Crippen LogP contribution in [0.25, 0.3) is 11.3 Å². The van der Waals surface area contributed by atoms with E-state index in [0.717, 1.165) is 5.56 Å². The summed E-state index contributed by atoms with van der Waals surface area (Å²) in [5.74, 6) is 0.650. The molecule has 0 saturated heterocycles. The van der Waals surface area contributed by atoms with Gasteiger partial charge < -0.3 is 4.74 Å². The quantitative estimate of drug-likeness (QED) is 0.799. The lowest BCUT2D eigenvalue weighted by Crippen LogP contribution is -1.88. The SMILES string of the molecule is N#Cc1cc(Oc2cn[nH]c2-c2ccc(F)cc2)ccn1. The second kappa shape index (κ2) is 5.43. The molecule has 1 N–H and O–H groups in total. The monoisotopic (exact) mass is 280 g/mol. The minimum Gasteiger partial charge on any atom is -0.453 e. The van der Waals surface area contributed by atoms with E-state index in [4.69, 9.17) is 10.00 Å². The van der Waals surface area contributed by atoms with Gasteiger partial charge in [-0.2, -0.15) is 10.4 Å². The maximum Gasteiger partial charge on any atom is 0.172 e. The molecule has 0 unspecified atom stereocenters. The van der Waals surface area contributed by atoms with E-state index in [1.165, 1.54) is 30.6 Å². The summed E-state index contributed by atoms with van der Waals surface area (Å²) in [6.07, 6.45) is 3.01. The fraction of sp³-hybridized carbons (Fsp3) is 0. The van der Waals surface area contributed by atoms with E-state index < -0.39 is 0 Å². The molecule has 0 bridgehead atoms. The Morgan fingerprint density at radius 3 is 2.76 bits per heavy atom. The van der Waals surface area contributed by atoms with Gasteiger partial charge >= 0.3 is 0 Å². The highest BCUT2D eigenvalue weighted by atomic mass is 19.1. The number of benzene rings is 1. The Morgan fingerprint density at radius 2 is 2.00 bits per heavy atom. The molecule has 6 heteroatoms. The van der Waals surface area contributed by atoms with Crippen molar-refractivity contribution >= 4 is 0 Å². The van der Waals surface area contributed by atoms with Gasteiger partial charge in [-0.3, -0.25) is 5.10 Å². The zero-order chi connectivity index (χ0) is 14.7. The number of H-pyrrole nitrogens is 1. The number of pyridine rings is 1. The number of nitrogens with one attached hydrogen (secondary N) is 1. The van der Waals surface area contributed by atoms with Crippen molar-refractivity contribution in [2.45, 2.75) is 0 Å². The minimum absolute atomic E-state index is 0.263. The van der Waals surface area contributed by atoms with Crippen molar-refractivity contribution in [2.24, 2.45) is 0 Å². The van der Waals surface area contributed by atoms with Gasteiger partial charge in [0.05, 0.1) is 6.20 Å². The van der Waals surface area contributed by atoms with E-state index in [2.05, 4.69) is 15.2 Å². The van der Waals surface area contributed by atoms with Crippen LogP contribution in [0.2, 0.25) is 0 Å². The smallest absolute Gasteiger partial charge is 0.172 e. The van der Waals surface area contributed by atoms with Crippen molar-refractivity contribution in [3.8, 4) is 28.8 Å². The van der Waals surface area contributed by atoms with Crippen LogP contribution < -0.4 is 4.74 Å². The normalized spacial score (nSPS) is 10.1. The molecule has 3 rings (SSSR count). The molecule has 0 saturated carbocycles. The maximum atomic E-state index is 13.0. The lowest BCUT2D eigenvalue weighted by atomic mass is 10.1. The predicted octanol–water partition coefficient (Wildman–Crippen LogP) is 3.27.